The molecule has 2 heterocycles. The van der Waals surface area contributed by atoms with Gasteiger partial charge < -0.3 is 0 Å². The van der Waals surface area contributed by atoms with Gasteiger partial charge in [0.2, 0.25) is 0 Å². The van der Waals surface area contributed by atoms with E-state index in [0.29, 0.717) is 19.6 Å². The summed E-state index contributed by atoms with van der Waals surface area (Å²) in [5.41, 5.74) is 4.25. The van der Waals surface area contributed by atoms with E-state index >= 15 is 0 Å². The van der Waals surface area contributed by atoms with Crippen LogP contribution in [0.5, 0.6) is 5.75 Å². The zero-order valence-electron chi connectivity index (χ0n) is 25.1. The molecule has 0 aliphatic rings. The van der Waals surface area contributed by atoms with Crippen molar-refractivity contribution in [2.75, 3.05) is 4.93 Å². The molecule has 0 aliphatic carbocycles. The maximum atomic E-state index is 12.3. The number of carbonyl (C=O) groups is 1. The first kappa shape index (κ1) is 30.4. The number of hydrogen-bond acceptors (Lipinski definition) is 4. The van der Waals surface area contributed by atoms with Crippen LogP contribution in [-0.2, 0) is 24.4 Å². The van der Waals surface area contributed by atoms with Crippen molar-refractivity contribution in [1.29, 1.82) is 0 Å². The number of fused-ring (bicyclic) bond motifs is 2. The molecule has 7 heteroatoms. The number of pyridine rings is 1. The van der Waals surface area contributed by atoms with Gasteiger partial charge in [0, 0.05) is 5.39 Å². The molecule has 0 saturated heterocycles. The standard InChI is InChI=1S/C35H38IN2O3S/c1-34(2,3)42-32-28-19-27(41-22-26-16-13-24-9-7-8-10-29(24)37-26)17-18-30(28)38(31(32)20-35(4,5)33(39)40)21-23-11-14-25(36-6)15-12-23/h7-19H,20-22H2,1-6H3,(H,39,40)/q-1. The van der Waals surface area contributed by atoms with E-state index in [1.807, 2.05) is 44.2 Å². The van der Waals surface area contributed by atoms with Crippen molar-refractivity contribution in [2.24, 2.45) is 5.41 Å². The van der Waals surface area contributed by atoms with Crippen molar-refractivity contribution in [3.05, 3.63) is 99.4 Å². The molecule has 220 valence electrons. The zero-order valence-corrected chi connectivity index (χ0v) is 28.0. The van der Waals surface area contributed by atoms with Crippen molar-refractivity contribution >= 4 is 39.5 Å². The number of para-hydroxylation sites is 1. The zero-order chi connectivity index (χ0) is 30.1. The molecule has 5 rings (SSSR count). The fourth-order valence-corrected chi connectivity index (χ4v) is 7.23. The van der Waals surface area contributed by atoms with Crippen LogP contribution in [0.2, 0.25) is 0 Å². The van der Waals surface area contributed by atoms with Gasteiger partial charge in [-0.1, -0.05) is 24.3 Å². The van der Waals surface area contributed by atoms with Crippen molar-refractivity contribution < 1.29 is 35.8 Å². The first-order valence-electron chi connectivity index (χ1n) is 14.1. The van der Waals surface area contributed by atoms with Gasteiger partial charge in [-0.15, -0.1) is 0 Å². The van der Waals surface area contributed by atoms with Gasteiger partial charge in [-0.3, -0.25) is 0 Å². The third kappa shape index (κ3) is 6.94. The van der Waals surface area contributed by atoms with Crippen LogP contribution in [0.4, 0.5) is 0 Å². The molecule has 42 heavy (non-hydrogen) atoms. The van der Waals surface area contributed by atoms with Gasteiger partial charge in [0.1, 0.15) is 0 Å². The number of hydrogen-bond donors (Lipinski definition) is 1. The summed E-state index contributed by atoms with van der Waals surface area (Å²) in [5.74, 6) is -0.0280. The molecule has 0 atom stereocenters. The summed E-state index contributed by atoms with van der Waals surface area (Å²) in [7, 11) is 0. The monoisotopic (exact) mass is 693 g/mol. The van der Waals surface area contributed by atoms with Crippen LogP contribution in [0.15, 0.2) is 83.8 Å². The summed E-state index contributed by atoms with van der Waals surface area (Å²) in [6.45, 7) is 11.3. The Morgan fingerprint density at radius 3 is 2.40 bits per heavy atom. The minimum absolute atomic E-state index is 0.0343. The molecule has 0 aliphatic heterocycles. The molecular weight excluding hydrogens is 655 g/mol. The van der Waals surface area contributed by atoms with Crippen molar-refractivity contribution in [2.45, 2.75) is 63.8 Å². The molecular formula is C35H38IN2O3S-. The Balaban J connectivity index is 1.58. The third-order valence-electron chi connectivity index (χ3n) is 7.20. The Hall–Kier alpha value is -3.04. The first-order valence-corrected chi connectivity index (χ1v) is 18.1. The number of ether oxygens (including phenoxy) is 1. The molecule has 5 nitrogen and oxygen atoms in total. The molecule has 1 N–H and O–H groups in total. The van der Waals surface area contributed by atoms with Gasteiger partial charge in [-0.25, -0.2) is 4.98 Å². The fourth-order valence-electron chi connectivity index (χ4n) is 4.96. The summed E-state index contributed by atoms with van der Waals surface area (Å²) in [6, 6.07) is 27.3. The average molecular weight is 694 g/mol. The Kier molecular flexibility index (Phi) is 8.90. The topological polar surface area (TPSA) is 64.4 Å². The average Bonchev–Trinajstić information content (AvgIpc) is 3.21. The molecule has 0 radical (unpaired) electrons. The normalized spacial score (nSPS) is 12.3. The van der Waals surface area contributed by atoms with Crippen LogP contribution in [0, 0.1) is 8.99 Å². The summed E-state index contributed by atoms with van der Waals surface area (Å²) >= 11 is 1.83. The molecule has 0 amide bonds. The van der Waals surface area contributed by atoms with Crippen molar-refractivity contribution in [1.82, 2.24) is 9.55 Å². The number of nitrogens with zero attached hydrogens (tertiary/aromatic N) is 2. The predicted molar refractivity (Wildman–Crippen MR) is 169 cm³/mol. The molecule has 0 saturated carbocycles. The van der Waals surface area contributed by atoms with Crippen LogP contribution in [0.25, 0.3) is 21.8 Å². The molecule has 0 fully saturated rings. The van der Waals surface area contributed by atoms with Gasteiger partial charge in [0.15, 0.2) is 0 Å². The number of carboxylic acid groups (broad SMARTS) is 1. The molecule has 2 aromatic heterocycles. The van der Waals surface area contributed by atoms with Crippen LogP contribution < -0.4 is 25.9 Å². The van der Waals surface area contributed by atoms with Gasteiger partial charge in [-0.05, 0) is 12.1 Å². The number of carboxylic acids is 1. The van der Waals surface area contributed by atoms with Crippen molar-refractivity contribution in [3.63, 3.8) is 0 Å². The second kappa shape index (κ2) is 12.3. The minimum atomic E-state index is -0.920. The number of aliphatic carboxylic acids is 1. The SMILES string of the molecule is C[I-]c1ccc(Cn2c(CC(C)(C)C(=O)O)c(SC(C)(C)C)c3cc(OCc4ccc5ccccc5n4)ccc32)cc1. The summed E-state index contributed by atoms with van der Waals surface area (Å²) in [4.78, 5) is 20.5. The number of rotatable bonds is 10. The maximum absolute atomic E-state index is 12.3. The van der Waals surface area contributed by atoms with E-state index in [2.05, 4.69) is 78.8 Å². The number of aromatic nitrogens is 2. The number of thioether (sulfide) groups is 1. The molecule has 0 bridgehead atoms. The van der Waals surface area contributed by atoms with E-state index in [9.17, 15) is 9.90 Å². The van der Waals surface area contributed by atoms with Crippen LogP contribution in [0.1, 0.15) is 51.6 Å². The second-order valence-corrected chi connectivity index (χ2v) is 16.4. The Morgan fingerprint density at radius 1 is 0.976 bits per heavy atom. The summed E-state index contributed by atoms with van der Waals surface area (Å²) in [5, 5.41) is 12.3. The number of alkyl halides is 1. The van der Waals surface area contributed by atoms with Crippen LogP contribution >= 0.6 is 11.8 Å². The fraction of sp³-hybridized carbons (Fsp3) is 0.314. The van der Waals surface area contributed by atoms with E-state index in [4.69, 9.17) is 9.72 Å². The van der Waals surface area contributed by atoms with E-state index in [0.717, 1.165) is 43.8 Å². The Labute approximate surface area is 263 Å². The molecule has 3 aromatic carbocycles. The van der Waals surface area contributed by atoms with E-state index in [1.165, 1.54) is 9.13 Å². The molecule has 0 spiro atoms. The summed E-state index contributed by atoms with van der Waals surface area (Å²) < 4.78 is 9.95. The van der Waals surface area contributed by atoms with Gasteiger partial charge in [0.25, 0.3) is 0 Å². The summed E-state index contributed by atoms with van der Waals surface area (Å²) in [6.07, 6.45) is 0.422. The van der Waals surface area contributed by atoms with Gasteiger partial charge in [-0.2, -0.15) is 0 Å². The van der Waals surface area contributed by atoms with Crippen LogP contribution in [0.3, 0.4) is 0 Å². The van der Waals surface area contributed by atoms with Gasteiger partial charge >= 0.3 is 206 Å². The quantitative estimate of drug-likeness (QED) is 0.123. The predicted octanol–water partition coefficient (Wildman–Crippen LogP) is 5.25. The number of benzene rings is 3. The second-order valence-electron chi connectivity index (χ2n) is 12.2. The van der Waals surface area contributed by atoms with Crippen LogP contribution in [-0.4, -0.2) is 30.3 Å². The third-order valence-corrected chi connectivity index (χ3v) is 10.4. The van der Waals surface area contributed by atoms with Crippen molar-refractivity contribution in [3.8, 4) is 5.75 Å². The molecule has 0 unspecified atom stereocenters. The van der Waals surface area contributed by atoms with E-state index < -0.39 is 11.4 Å². The Morgan fingerprint density at radius 2 is 1.71 bits per heavy atom. The van der Waals surface area contributed by atoms with E-state index in [-0.39, 0.29) is 26.0 Å². The number of halogens is 1. The van der Waals surface area contributed by atoms with Gasteiger partial charge in [0.05, 0.1) is 11.2 Å². The first-order chi connectivity index (χ1) is 19.9. The Bertz CT molecular complexity index is 1740. The van der Waals surface area contributed by atoms with E-state index in [1.54, 1.807) is 11.8 Å². The molecule has 5 aromatic rings.